The maximum absolute atomic E-state index is 13.5. The highest BCUT2D eigenvalue weighted by Gasteiger charge is 2.32. The number of ether oxygens (including phenoxy) is 2. The number of hydrogen-bond acceptors (Lipinski definition) is 8. The lowest BCUT2D eigenvalue weighted by atomic mass is 9.99. The van der Waals surface area contributed by atoms with Gasteiger partial charge in [0.2, 0.25) is 11.8 Å². The van der Waals surface area contributed by atoms with E-state index in [4.69, 9.17) is 10.5 Å². The highest BCUT2D eigenvalue weighted by atomic mass is 16.5. The minimum Gasteiger partial charge on any atom is -0.463 e. The Labute approximate surface area is 246 Å². The van der Waals surface area contributed by atoms with Gasteiger partial charge < -0.3 is 31.2 Å². The number of carbonyl (C=O) groups is 5. The second-order valence-corrected chi connectivity index (χ2v) is 10.3. The second-order valence-electron chi connectivity index (χ2n) is 10.3. The maximum Gasteiger partial charge on any atom is 0.408 e. The molecule has 0 aliphatic heterocycles. The summed E-state index contributed by atoms with van der Waals surface area (Å²) in [4.78, 5) is 64.1. The summed E-state index contributed by atoms with van der Waals surface area (Å²) in [5.41, 5.74) is 7.20. The van der Waals surface area contributed by atoms with E-state index >= 15 is 0 Å². The Morgan fingerprint density at radius 1 is 0.762 bits per heavy atom. The van der Waals surface area contributed by atoms with Crippen molar-refractivity contribution in [2.45, 2.75) is 70.7 Å². The zero-order valence-corrected chi connectivity index (χ0v) is 24.5. The van der Waals surface area contributed by atoms with Crippen molar-refractivity contribution in [3.05, 3.63) is 71.8 Å². The van der Waals surface area contributed by atoms with Crippen LogP contribution in [-0.2, 0) is 41.7 Å². The van der Waals surface area contributed by atoms with Crippen LogP contribution in [0.2, 0.25) is 0 Å². The van der Waals surface area contributed by atoms with Gasteiger partial charge in [0, 0.05) is 6.42 Å². The Morgan fingerprint density at radius 2 is 1.33 bits per heavy atom. The van der Waals surface area contributed by atoms with Crippen LogP contribution in [0.15, 0.2) is 60.7 Å². The molecule has 0 unspecified atom stereocenters. The molecule has 11 heteroatoms. The van der Waals surface area contributed by atoms with E-state index in [1.807, 2.05) is 74.5 Å². The number of rotatable bonds is 17. The number of esters is 1. The van der Waals surface area contributed by atoms with Crippen molar-refractivity contribution in [2.75, 3.05) is 13.7 Å². The summed E-state index contributed by atoms with van der Waals surface area (Å²) in [7, 11) is 1.09. The molecule has 3 amide bonds. The number of amides is 3. The molecule has 5 N–H and O–H groups in total. The van der Waals surface area contributed by atoms with Gasteiger partial charge in [0.15, 0.2) is 0 Å². The van der Waals surface area contributed by atoms with Gasteiger partial charge in [-0.3, -0.25) is 14.4 Å². The van der Waals surface area contributed by atoms with Gasteiger partial charge in [-0.2, -0.15) is 0 Å². The van der Waals surface area contributed by atoms with E-state index in [-0.39, 0.29) is 31.8 Å². The van der Waals surface area contributed by atoms with Crippen molar-refractivity contribution >= 4 is 29.7 Å². The Balaban J connectivity index is 2.21. The third kappa shape index (κ3) is 12.1. The zero-order valence-electron chi connectivity index (χ0n) is 24.5. The Kier molecular flexibility index (Phi) is 14.7. The summed E-state index contributed by atoms with van der Waals surface area (Å²) < 4.78 is 9.88. The highest BCUT2D eigenvalue weighted by molar-refractivity contribution is 6.36. The Morgan fingerprint density at radius 3 is 1.90 bits per heavy atom. The first kappa shape index (κ1) is 34.0. The molecule has 0 aromatic heterocycles. The fourth-order valence-corrected chi connectivity index (χ4v) is 4.22. The minimum absolute atomic E-state index is 0.0158. The first-order valence-electron chi connectivity index (χ1n) is 14.1. The molecule has 0 radical (unpaired) electrons. The van der Waals surface area contributed by atoms with E-state index < -0.39 is 47.8 Å². The number of carbonyl (C=O) groups excluding carboxylic acids is 5. The van der Waals surface area contributed by atoms with Gasteiger partial charge in [-0.1, -0.05) is 74.5 Å². The largest absolute Gasteiger partial charge is 0.463 e. The lowest BCUT2D eigenvalue weighted by Gasteiger charge is -2.25. The van der Waals surface area contributed by atoms with Crippen molar-refractivity contribution in [1.82, 2.24) is 16.0 Å². The summed E-state index contributed by atoms with van der Waals surface area (Å²) in [5.74, 6) is -3.20. The van der Waals surface area contributed by atoms with Gasteiger partial charge in [0.1, 0.15) is 18.7 Å². The standard InChI is InChI=1S/C31H42N4O7/c1-21(2)18-25(27(36)30(39)41-3)34-28(37)24(16-10-11-17-32)33-29(38)26(19-22-12-6-4-7-13-22)35-31(40)42-20-23-14-8-5-9-15-23/h4-9,12-15,21,24-26H,10-11,16-20,32H2,1-3H3,(H,33,38)(H,34,37)(H,35,40)/t24-,25-,26-/m0/s1. The summed E-state index contributed by atoms with van der Waals surface area (Å²) in [6.07, 6.45) is 0.902. The lowest BCUT2D eigenvalue weighted by Crippen LogP contribution is -2.56. The van der Waals surface area contributed by atoms with Crippen molar-refractivity contribution in [2.24, 2.45) is 11.7 Å². The summed E-state index contributed by atoms with van der Waals surface area (Å²) in [6, 6.07) is 15.0. The predicted octanol–water partition coefficient (Wildman–Crippen LogP) is 2.41. The monoisotopic (exact) mass is 582 g/mol. The number of hydrogen-bond donors (Lipinski definition) is 4. The molecule has 2 aromatic rings. The Hall–Kier alpha value is -4.25. The van der Waals surface area contributed by atoms with Crippen LogP contribution >= 0.6 is 0 Å². The van der Waals surface area contributed by atoms with Crippen LogP contribution in [0.25, 0.3) is 0 Å². The quantitative estimate of drug-likeness (QED) is 0.125. The number of ketones is 1. The molecule has 11 nitrogen and oxygen atoms in total. The molecule has 0 fully saturated rings. The first-order valence-corrected chi connectivity index (χ1v) is 14.1. The van der Waals surface area contributed by atoms with Crippen LogP contribution in [0.1, 0.15) is 50.7 Å². The molecule has 0 bridgehead atoms. The van der Waals surface area contributed by atoms with Crippen LogP contribution < -0.4 is 21.7 Å². The van der Waals surface area contributed by atoms with Crippen molar-refractivity contribution in [3.63, 3.8) is 0 Å². The fourth-order valence-electron chi connectivity index (χ4n) is 4.22. The van der Waals surface area contributed by atoms with Crippen molar-refractivity contribution in [1.29, 1.82) is 0 Å². The number of nitrogens with two attached hydrogens (primary N) is 1. The summed E-state index contributed by atoms with van der Waals surface area (Å²) in [6.45, 7) is 4.11. The lowest BCUT2D eigenvalue weighted by molar-refractivity contribution is -0.153. The SMILES string of the molecule is COC(=O)C(=O)[C@H](CC(C)C)NC(=O)[C@H](CCCCN)NC(=O)[C@H](Cc1ccccc1)NC(=O)OCc1ccccc1. The molecule has 0 saturated heterocycles. The first-order chi connectivity index (χ1) is 20.1. The third-order valence-electron chi connectivity index (χ3n) is 6.41. The van der Waals surface area contributed by atoms with Crippen LogP contribution in [-0.4, -0.2) is 61.4 Å². The third-order valence-corrected chi connectivity index (χ3v) is 6.41. The minimum atomic E-state index is -1.12. The van der Waals surface area contributed by atoms with E-state index in [0.717, 1.165) is 18.2 Å². The smallest absolute Gasteiger partial charge is 0.408 e. The van der Waals surface area contributed by atoms with E-state index in [1.54, 1.807) is 0 Å². The highest BCUT2D eigenvalue weighted by Crippen LogP contribution is 2.10. The molecular formula is C31H42N4O7. The number of nitrogens with one attached hydrogen (secondary N) is 3. The topological polar surface area (TPSA) is 166 Å². The van der Waals surface area contributed by atoms with Crippen LogP contribution in [0, 0.1) is 5.92 Å². The van der Waals surface area contributed by atoms with E-state index in [2.05, 4.69) is 20.7 Å². The molecule has 0 heterocycles. The van der Waals surface area contributed by atoms with E-state index in [9.17, 15) is 24.0 Å². The molecule has 0 aliphatic carbocycles. The molecule has 2 aromatic carbocycles. The van der Waals surface area contributed by atoms with Gasteiger partial charge in [-0.25, -0.2) is 9.59 Å². The molecule has 0 spiro atoms. The van der Waals surface area contributed by atoms with Gasteiger partial charge in [0.25, 0.3) is 5.78 Å². The zero-order chi connectivity index (χ0) is 30.9. The average Bonchev–Trinajstić information content (AvgIpc) is 2.98. The molecule has 3 atom stereocenters. The molecule has 2 rings (SSSR count). The number of alkyl carbamates (subject to hydrolysis) is 1. The number of benzene rings is 2. The van der Waals surface area contributed by atoms with Crippen LogP contribution in [0.3, 0.4) is 0 Å². The average molecular weight is 583 g/mol. The predicted molar refractivity (Wildman–Crippen MR) is 157 cm³/mol. The number of unbranched alkanes of at least 4 members (excludes halogenated alkanes) is 1. The fraction of sp³-hybridized carbons (Fsp3) is 0.452. The second kappa shape index (κ2) is 18.2. The Bertz CT molecular complexity index is 1160. The van der Waals surface area contributed by atoms with Gasteiger partial charge >= 0.3 is 12.1 Å². The van der Waals surface area contributed by atoms with Gasteiger partial charge in [0.05, 0.1) is 13.2 Å². The molecule has 42 heavy (non-hydrogen) atoms. The summed E-state index contributed by atoms with van der Waals surface area (Å²) >= 11 is 0. The van der Waals surface area contributed by atoms with Crippen molar-refractivity contribution < 1.29 is 33.4 Å². The van der Waals surface area contributed by atoms with E-state index in [1.165, 1.54) is 0 Å². The van der Waals surface area contributed by atoms with Gasteiger partial charge in [-0.15, -0.1) is 0 Å². The maximum atomic E-state index is 13.5. The normalized spacial score (nSPS) is 12.9. The molecule has 228 valence electrons. The van der Waals surface area contributed by atoms with Crippen LogP contribution in [0.5, 0.6) is 0 Å². The number of Topliss-reactive ketones (excluding diaryl/α,β-unsaturated/α-hetero) is 1. The number of methoxy groups -OCH3 is 1. The van der Waals surface area contributed by atoms with Crippen molar-refractivity contribution in [3.8, 4) is 0 Å². The summed E-state index contributed by atoms with van der Waals surface area (Å²) in [5, 5.41) is 7.96. The molecular weight excluding hydrogens is 540 g/mol. The molecule has 0 aliphatic rings. The molecule has 0 saturated carbocycles. The van der Waals surface area contributed by atoms with Crippen LogP contribution in [0.4, 0.5) is 4.79 Å². The van der Waals surface area contributed by atoms with Gasteiger partial charge in [-0.05, 0) is 49.3 Å². The van der Waals surface area contributed by atoms with E-state index in [0.29, 0.717) is 19.4 Å².